The third-order valence-corrected chi connectivity index (χ3v) is 4.27. The van der Waals surface area contributed by atoms with Gasteiger partial charge in [0.1, 0.15) is 0 Å². The molecule has 3 aliphatic rings. The first kappa shape index (κ1) is 25.6. The molecule has 0 aromatic heterocycles. The molecule has 0 nitrogen and oxygen atoms in total. The van der Waals surface area contributed by atoms with Crippen LogP contribution in [0.2, 0.25) is 0 Å². The van der Waals surface area contributed by atoms with Gasteiger partial charge < -0.3 is 6.08 Å². The number of hydrogen-bond acceptors (Lipinski definition) is 0. The van der Waals surface area contributed by atoms with E-state index in [1.807, 2.05) is 64.2 Å². The van der Waals surface area contributed by atoms with Gasteiger partial charge in [0.15, 0.2) is 0 Å². The van der Waals surface area contributed by atoms with Crippen molar-refractivity contribution in [3.63, 3.8) is 0 Å². The molecule has 1 aromatic carbocycles. The Morgan fingerprint density at radius 1 is 0.714 bits per heavy atom. The van der Waals surface area contributed by atoms with Gasteiger partial charge >= 0.3 is 26.2 Å². The van der Waals surface area contributed by atoms with Crippen LogP contribution >= 0.6 is 0 Å². The van der Waals surface area contributed by atoms with Crippen LogP contribution in [0.3, 0.4) is 0 Å². The van der Waals surface area contributed by atoms with E-state index >= 15 is 0 Å². The second kappa shape index (κ2) is 17.4. The van der Waals surface area contributed by atoms with Crippen molar-refractivity contribution in [1.82, 2.24) is 0 Å². The van der Waals surface area contributed by atoms with E-state index < -0.39 is 0 Å². The van der Waals surface area contributed by atoms with Crippen molar-refractivity contribution < 1.29 is 26.2 Å². The minimum atomic E-state index is 0. The van der Waals surface area contributed by atoms with Gasteiger partial charge in [-0.05, 0) is 64.2 Å². The van der Waals surface area contributed by atoms with E-state index in [0.717, 1.165) is 6.42 Å². The van der Waals surface area contributed by atoms with Crippen LogP contribution in [0.4, 0.5) is 0 Å². The van der Waals surface area contributed by atoms with E-state index in [-0.39, 0.29) is 26.2 Å². The van der Waals surface area contributed by atoms with Crippen molar-refractivity contribution in [3.8, 4) is 0 Å². The maximum Gasteiger partial charge on any atom is 4.00 e. The molecule has 3 aliphatic carbocycles. The maximum absolute atomic E-state index is 3.57. The third-order valence-electron chi connectivity index (χ3n) is 4.27. The first-order chi connectivity index (χ1) is 13.4. The van der Waals surface area contributed by atoms with Crippen molar-refractivity contribution in [1.29, 1.82) is 0 Å². The maximum atomic E-state index is 3.57. The molecule has 1 heteroatoms. The average molecular weight is 446 g/mol. The van der Waals surface area contributed by atoms with Crippen LogP contribution in [0.25, 0.3) is 0 Å². The summed E-state index contributed by atoms with van der Waals surface area (Å²) < 4.78 is 0. The van der Waals surface area contributed by atoms with Gasteiger partial charge in [-0.25, -0.2) is 6.08 Å². The van der Waals surface area contributed by atoms with Gasteiger partial charge in [-0.1, -0.05) is 38.7 Å². The summed E-state index contributed by atoms with van der Waals surface area (Å²) in [6.45, 7) is 2.23. The van der Waals surface area contributed by atoms with Crippen LogP contribution in [0.15, 0.2) is 41.5 Å². The van der Waals surface area contributed by atoms with Gasteiger partial charge in [-0.2, -0.15) is 5.56 Å². The normalized spacial score (nSPS) is 20.9. The largest absolute Gasteiger partial charge is 4.00 e. The molecule has 4 rings (SSSR count). The minimum absolute atomic E-state index is 0. The van der Waals surface area contributed by atoms with Crippen LogP contribution in [0.5, 0.6) is 0 Å². The molecule has 0 unspecified atom stereocenters. The van der Waals surface area contributed by atoms with Crippen LogP contribution in [0.1, 0.15) is 51.0 Å². The van der Waals surface area contributed by atoms with E-state index in [1.165, 1.54) is 48.8 Å². The standard InChI is InChI=1S/C17H20.2C5H5.Zr/c1-2-3-5-11-16-12-8-13-17(16)14-15-9-6-4-7-10-15;2*1-2-4-5-3-1;/h4,6-7,9-10H,2-3,5,8,12-13H2,1H3;2*1-5H;/q-2;;;+4. The van der Waals surface area contributed by atoms with Crippen molar-refractivity contribution in [3.05, 3.63) is 123 Å². The predicted octanol–water partition coefficient (Wildman–Crippen LogP) is 6.91. The van der Waals surface area contributed by atoms with Gasteiger partial charge in [0, 0.05) is 0 Å². The van der Waals surface area contributed by atoms with Gasteiger partial charge in [0.2, 0.25) is 0 Å². The molecule has 1 aromatic rings. The average Bonchev–Trinajstić information content (AvgIpc) is 3.49. The van der Waals surface area contributed by atoms with E-state index in [0.29, 0.717) is 0 Å². The molecule has 0 saturated heterocycles. The van der Waals surface area contributed by atoms with E-state index in [2.05, 4.69) is 49.4 Å². The molecule has 140 valence electrons. The number of unbranched alkanes of at least 4 members (excludes halogenated alkanes) is 2. The summed E-state index contributed by atoms with van der Waals surface area (Å²) in [5.41, 5.74) is 3.99. The van der Waals surface area contributed by atoms with Gasteiger partial charge in [0.05, 0.1) is 0 Å². The zero-order valence-electron chi connectivity index (χ0n) is 16.9. The summed E-state index contributed by atoms with van der Waals surface area (Å²) in [6, 6.07) is 10.4. The molecule has 0 spiro atoms. The molecule has 0 amide bonds. The Morgan fingerprint density at radius 2 is 1.21 bits per heavy atom. The monoisotopic (exact) mass is 444 g/mol. The Kier molecular flexibility index (Phi) is 16.0. The second-order valence-electron chi connectivity index (χ2n) is 6.51. The Bertz CT molecular complexity index is 507. The Hall–Kier alpha value is -0.417. The summed E-state index contributed by atoms with van der Waals surface area (Å²) in [5, 5.41) is 0. The van der Waals surface area contributed by atoms with Crippen LogP contribution < -0.4 is 0 Å². The number of benzene rings is 1. The first-order valence-electron chi connectivity index (χ1n) is 10.0. The van der Waals surface area contributed by atoms with E-state index in [1.54, 1.807) is 0 Å². The molecule has 28 heavy (non-hydrogen) atoms. The summed E-state index contributed by atoms with van der Waals surface area (Å²) in [4.78, 5) is 0. The van der Waals surface area contributed by atoms with Crippen molar-refractivity contribution >= 4 is 0 Å². The molecule has 0 N–H and O–H groups in total. The molecule has 0 bridgehead atoms. The van der Waals surface area contributed by atoms with Crippen molar-refractivity contribution in [2.45, 2.75) is 45.4 Å². The zero-order chi connectivity index (χ0) is 19.0. The van der Waals surface area contributed by atoms with Crippen molar-refractivity contribution in [2.75, 3.05) is 0 Å². The van der Waals surface area contributed by atoms with Gasteiger partial charge in [-0.3, -0.25) is 11.1 Å². The first-order valence-corrected chi connectivity index (χ1v) is 10.0. The second-order valence-corrected chi connectivity index (χ2v) is 6.51. The SMILES string of the molecule is CCCC[C-]=C1CCCC1=[C-]c1ccccc1.[CH]1[CH][CH][CH][CH]1.[CH]1[CH][CH][CH][CH]1.[Zr+4]. The Labute approximate surface area is 194 Å². The number of hydrogen-bond donors (Lipinski definition) is 0. The third kappa shape index (κ3) is 11.6. The van der Waals surface area contributed by atoms with Crippen LogP contribution in [-0.2, 0) is 26.2 Å². The van der Waals surface area contributed by atoms with Crippen molar-refractivity contribution in [2.24, 2.45) is 0 Å². The molecule has 3 saturated carbocycles. The number of allylic oxidation sites excluding steroid dienone is 3. The smallest absolute Gasteiger partial charge is 0.323 e. The van der Waals surface area contributed by atoms with Gasteiger partial charge in [0.25, 0.3) is 0 Å². The molecule has 0 atom stereocenters. The molecular formula is C27H30Zr+2. The quantitative estimate of drug-likeness (QED) is 0.349. The fraction of sp³-hybridized carbons (Fsp3) is 0.259. The fourth-order valence-electron chi connectivity index (χ4n) is 2.83. The minimum Gasteiger partial charge on any atom is -0.323 e. The van der Waals surface area contributed by atoms with Crippen LogP contribution in [0, 0.1) is 76.4 Å². The van der Waals surface area contributed by atoms with Gasteiger partial charge in [-0.15, -0.1) is 37.1 Å². The van der Waals surface area contributed by atoms with E-state index in [4.69, 9.17) is 0 Å². The predicted molar refractivity (Wildman–Crippen MR) is 115 cm³/mol. The summed E-state index contributed by atoms with van der Waals surface area (Å²) in [5.74, 6) is 0. The molecule has 0 heterocycles. The summed E-state index contributed by atoms with van der Waals surface area (Å²) in [6.07, 6.45) is 34.3. The molecule has 3 fully saturated rings. The molecular weight excluding hydrogens is 416 g/mol. The topological polar surface area (TPSA) is 0 Å². The van der Waals surface area contributed by atoms with Crippen LogP contribution in [-0.4, -0.2) is 0 Å². The number of rotatable bonds is 4. The zero-order valence-corrected chi connectivity index (χ0v) is 19.4. The summed E-state index contributed by atoms with van der Waals surface area (Å²) in [7, 11) is 0. The fourth-order valence-corrected chi connectivity index (χ4v) is 2.83. The van der Waals surface area contributed by atoms with E-state index in [9.17, 15) is 0 Å². The molecule has 10 radical (unpaired) electrons. The molecule has 0 aliphatic heterocycles. The Balaban J connectivity index is 0.000000290. The summed E-state index contributed by atoms with van der Waals surface area (Å²) >= 11 is 0. The Morgan fingerprint density at radius 3 is 1.71 bits per heavy atom.